The molecule has 100 valence electrons. The third-order valence-electron chi connectivity index (χ3n) is 4.07. The normalized spacial score (nSPS) is 21.2. The van der Waals surface area contributed by atoms with Gasteiger partial charge in [-0.1, -0.05) is 30.3 Å². The van der Waals surface area contributed by atoms with E-state index in [2.05, 4.69) is 59.7 Å². The highest BCUT2D eigenvalue weighted by Crippen LogP contribution is 2.21. The van der Waals surface area contributed by atoms with Gasteiger partial charge in [-0.3, -0.25) is 0 Å². The summed E-state index contributed by atoms with van der Waals surface area (Å²) in [5.41, 5.74) is 1.26. The smallest absolute Gasteiger partial charge is 0.0348 e. The summed E-state index contributed by atoms with van der Waals surface area (Å²) in [6.45, 7) is 2.43. The third-order valence-corrected chi connectivity index (χ3v) is 4.07. The lowest BCUT2D eigenvalue weighted by Gasteiger charge is -2.18. The number of fused-ring (bicyclic) bond motifs is 1. The van der Waals surface area contributed by atoms with E-state index in [4.69, 9.17) is 0 Å². The highest BCUT2D eigenvalue weighted by molar-refractivity contribution is 5.85. The Morgan fingerprint density at radius 3 is 2.74 bits per heavy atom. The van der Waals surface area contributed by atoms with Crippen LogP contribution in [0.25, 0.3) is 10.8 Å². The van der Waals surface area contributed by atoms with Gasteiger partial charge in [0.05, 0.1) is 0 Å². The van der Waals surface area contributed by atoms with Gasteiger partial charge in [-0.25, -0.2) is 0 Å². The minimum atomic E-state index is 0.617. The zero-order valence-electron chi connectivity index (χ0n) is 11.6. The molecular weight excluding hydrogens is 232 g/mol. The lowest BCUT2D eigenvalue weighted by molar-refractivity contribution is 0.348. The Morgan fingerprint density at radius 2 is 1.84 bits per heavy atom. The molecule has 0 bridgehead atoms. The molecule has 1 aliphatic rings. The molecule has 2 nitrogen and oxygen atoms in total. The van der Waals surface area contributed by atoms with Crippen LogP contribution in [0.3, 0.4) is 0 Å². The number of rotatable bonds is 2. The van der Waals surface area contributed by atoms with Crippen molar-refractivity contribution in [1.82, 2.24) is 4.90 Å². The van der Waals surface area contributed by atoms with Crippen LogP contribution < -0.4 is 5.32 Å². The van der Waals surface area contributed by atoms with Crippen LogP contribution in [0.2, 0.25) is 0 Å². The topological polar surface area (TPSA) is 15.3 Å². The van der Waals surface area contributed by atoms with Gasteiger partial charge in [0.15, 0.2) is 0 Å². The minimum Gasteiger partial charge on any atom is -0.382 e. The molecule has 0 spiro atoms. The van der Waals surface area contributed by atoms with Gasteiger partial charge in [-0.05, 0) is 62.3 Å². The molecule has 1 aliphatic heterocycles. The van der Waals surface area contributed by atoms with Gasteiger partial charge in [-0.15, -0.1) is 0 Å². The highest BCUT2D eigenvalue weighted by atomic mass is 15.1. The van der Waals surface area contributed by atoms with Crippen LogP contribution in [0.4, 0.5) is 5.69 Å². The molecule has 1 atom stereocenters. The summed E-state index contributed by atoms with van der Waals surface area (Å²) in [6.07, 6.45) is 3.81. The fourth-order valence-electron chi connectivity index (χ4n) is 2.90. The first-order chi connectivity index (χ1) is 9.31. The summed E-state index contributed by atoms with van der Waals surface area (Å²) in [5, 5.41) is 6.34. The van der Waals surface area contributed by atoms with E-state index in [1.165, 1.54) is 48.8 Å². The van der Waals surface area contributed by atoms with Crippen molar-refractivity contribution in [1.29, 1.82) is 0 Å². The molecule has 1 saturated heterocycles. The highest BCUT2D eigenvalue weighted by Gasteiger charge is 2.14. The number of benzene rings is 2. The Hall–Kier alpha value is -1.54. The fraction of sp³-hybridized carbons (Fsp3) is 0.412. The molecule has 0 aliphatic carbocycles. The van der Waals surface area contributed by atoms with Crippen LogP contribution in [-0.2, 0) is 0 Å². The average molecular weight is 254 g/mol. The molecule has 2 heteroatoms. The summed E-state index contributed by atoms with van der Waals surface area (Å²) in [7, 11) is 2.22. The van der Waals surface area contributed by atoms with Gasteiger partial charge in [0.2, 0.25) is 0 Å². The van der Waals surface area contributed by atoms with E-state index >= 15 is 0 Å². The molecule has 1 unspecified atom stereocenters. The van der Waals surface area contributed by atoms with Crippen molar-refractivity contribution in [2.45, 2.75) is 25.3 Å². The summed E-state index contributed by atoms with van der Waals surface area (Å²) < 4.78 is 0. The summed E-state index contributed by atoms with van der Waals surface area (Å²) in [6, 6.07) is 15.8. The molecule has 0 radical (unpaired) electrons. The average Bonchev–Trinajstić information content (AvgIpc) is 2.64. The largest absolute Gasteiger partial charge is 0.382 e. The third kappa shape index (κ3) is 3.07. The van der Waals surface area contributed by atoms with Gasteiger partial charge in [0, 0.05) is 11.7 Å². The molecule has 0 amide bonds. The molecule has 1 N–H and O–H groups in total. The molecule has 1 fully saturated rings. The maximum Gasteiger partial charge on any atom is 0.0348 e. The Morgan fingerprint density at radius 1 is 1.00 bits per heavy atom. The molecule has 3 rings (SSSR count). The maximum absolute atomic E-state index is 3.71. The van der Waals surface area contributed by atoms with Crippen molar-refractivity contribution in [3.05, 3.63) is 42.5 Å². The van der Waals surface area contributed by atoms with E-state index in [0.717, 1.165) is 0 Å². The van der Waals surface area contributed by atoms with Gasteiger partial charge < -0.3 is 10.2 Å². The minimum absolute atomic E-state index is 0.617. The Kier molecular flexibility index (Phi) is 3.69. The van der Waals surface area contributed by atoms with Gasteiger partial charge in [-0.2, -0.15) is 0 Å². The van der Waals surface area contributed by atoms with Crippen LogP contribution in [0.15, 0.2) is 42.5 Å². The van der Waals surface area contributed by atoms with Crippen LogP contribution in [-0.4, -0.2) is 31.1 Å². The number of nitrogens with one attached hydrogen (secondary N) is 1. The molecule has 0 saturated carbocycles. The summed E-state index contributed by atoms with van der Waals surface area (Å²) in [5.74, 6) is 0. The zero-order chi connectivity index (χ0) is 13.1. The van der Waals surface area contributed by atoms with Crippen LogP contribution in [0.1, 0.15) is 19.3 Å². The van der Waals surface area contributed by atoms with Crippen LogP contribution in [0, 0.1) is 0 Å². The zero-order valence-corrected chi connectivity index (χ0v) is 11.6. The fourth-order valence-corrected chi connectivity index (χ4v) is 2.90. The van der Waals surface area contributed by atoms with Gasteiger partial charge in [0.1, 0.15) is 0 Å². The Labute approximate surface area is 115 Å². The first kappa shape index (κ1) is 12.5. The monoisotopic (exact) mass is 254 g/mol. The van der Waals surface area contributed by atoms with Crippen molar-refractivity contribution in [2.75, 3.05) is 25.5 Å². The molecule has 2 aromatic carbocycles. The lowest BCUT2D eigenvalue weighted by Crippen LogP contribution is -2.22. The quantitative estimate of drug-likeness (QED) is 0.878. The van der Waals surface area contributed by atoms with E-state index < -0.39 is 0 Å². The second kappa shape index (κ2) is 5.62. The van der Waals surface area contributed by atoms with Crippen molar-refractivity contribution in [3.8, 4) is 0 Å². The SMILES string of the molecule is CN1CCCC(Nc2ccc3ccccc3c2)CC1. The van der Waals surface area contributed by atoms with E-state index in [0.29, 0.717) is 6.04 Å². The number of anilines is 1. The Bertz CT molecular complexity index is 550. The first-order valence-electron chi connectivity index (χ1n) is 7.25. The first-order valence-corrected chi connectivity index (χ1v) is 7.25. The van der Waals surface area contributed by atoms with Crippen molar-refractivity contribution in [2.24, 2.45) is 0 Å². The molecule has 19 heavy (non-hydrogen) atoms. The lowest BCUT2D eigenvalue weighted by atomic mass is 10.1. The van der Waals surface area contributed by atoms with Crippen molar-refractivity contribution in [3.63, 3.8) is 0 Å². The number of hydrogen-bond acceptors (Lipinski definition) is 2. The summed E-state index contributed by atoms with van der Waals surface area (Å²) >= 11 is 0. The van der Waals surface area contributed by atoms with Crippen molar-refractivity contribution < 1.29 is 0 Å². The molecule has 2 aromatic rings. The van der Waals surface area contributed by atoms with Gasteiger partial charge in [0.25, 0.3) is 0 Å². The van der Waals surface area contributed by atoms with E-state index in [9.17, 15) is 0 Å². The molecule has 0 aromatic heterocycles. The van der Waals surface area contributed by atoms with E-state index in [1.807, 2.05) is 0 Å². The standard InChI is InChI=1S/C17H22N2/c1-19-11-4-7-16(10-12-19)18-17-9-8-14-5-2-3-6-15(14)13-17/h2-3,5-6,8-9,13,16,18H,4,7,10-12H2,1H3. The Balaban J connectivity index is 1.73. The second-order valence-electron chi connectivity index (χ2n) is 5.64. The molecule has 1 heterocycles. The maximum atomic E-state index is 3.71. The number of nitrogens with zero attached hydrogens (tertiary/aromatic N) is 1. The number of likely N-dealkylation sites (tertiary alicyclic amines) is 1. The summed E-state index contributed by atoms with van der Waals surface area (Å²) in [4.78, 5) is 2.43. The van der Waals surface area contributed by atoms with Gasteiger partial charge >= 0.3 is 0 Å². The van der Waals surface area contributed by atoms with Crippen LogP contribution in [0.5, 0.6) is 0 Å². The van der Waals surface area contributed by atoms with E-state index in [1.54, 1.807) is 0 Å². The molecular formula is C17H22N2. The van der Waals surface area contributed by atoms with Crippen molar-refractivity contribution >= 4 is 16.5 Å². The van der Waals surface area contributed by atoms with E-state index in [-0.39, 0.29) is 0 Å². The second-order valence-corrected chi connectivity index (χ2v) is 5.64. The number of hydrogen-bond donors (Lipinski definition) is 1. The predicted molar refractivity (Wildman–Crippen MR) is 82.7 cm³/mol. The predicted octanol–water partition coefficient (Wildman–Crippen LogP) is 3.74. The van der Waals surface area contributed by atoms with Crippen LogP contribution >= 0.6 is 0 Å².